The summed E-state index contributed by atoms with van der Waals surface area (Å²) in [5.41, 5.74) is 10.2. The van der Waals surface area contributed by atoms with Crippen LogP contribution in [0.15, 0.2) is 18.2 Å². The summed E-state index contributed by atoms with van der Waals surface area (Å²) < 4.78 is 5.57. The minimum absolute atomic E-state index is 0.161. The maximum atomic E-state index is 6.40. The summed E-state index contributed by atoms with van der Waals surface area (Å²) in [6, 6.07) is 6.60. The zero-order chi connectivity index (χ0) is 11.8. The molecule has 0 spiro atoms. The van der Waals surface area contributed by atoms with E-state index in [4.69, 9.17) is 10.5 Å². The Kier molecular flexibility index (Phi) is 3.04. The van der Waals surface area contributed by atoms with E-state index >= 15 is 0 Å². The van der Waals surface area contributed by atoms with Gasteiger partial charge in [0.1, 0.15) is 0 Å². The summed E-state index contributed by atoms with van der Waals surface area (Å²) in [5, 5.41) is 0. The molecule has 0 aliphatic carbocycles. The molecule has 2 N–H and O–H groups in total. The van der Waals surface area contributed by atoms with Gasteiger partial charge in [0.15, 0.2) is 0 Å². The Morgan fingerprint density at radius 1 is 1.38 bits per heavy atom. The van der Waals surface area contributed by atoms with E-state index in [1.165, 1.54) is 16.7 Å². The monoisotopic (exact) mass is 219 g/mol. The van der Waals surface area contributed by atoms with Gasteiger partial charge in [0.25, 0.3) is 0 Å². The van der Waals surface area contributed by atoms with Crippen molar-refractivity contribution in [3.8, 4) is 0 Å². The van der Waals surface area contributed by atoms with Crippen LogP contribution in [0.5, 0.6) is 0 Å². The van der Waals surface area contributed by atoms with Crippen molar-refractivity contribution in [2.24, 2.45) is 5.73 Å². The maximum absolute atomic E-state index is 6.40. The lowest BCUT2D eigenvalue weighted by molar-refractivity contribution is 0.0955. The molecule has 88 valence electrons. The van der Waals surface area contributed by atoms with Crippen LogP contribution in [0.3, 0.4) is 0 Å². The van der Waals surface area contributed by atoms with Crippen molar-refractivity contribution in [1.29, 1.82) is 0 Å². The quantitative estimate of drug-likeness (QED) is 0.828. The average molecular weight is 219 g/mol. The maximum Gasteiger partial charge on any atom is 0.0730 e. The second-order valence-electron chi connectivity index (χ2n) is 5.09. The lowest BCUT2D eigenvalue weighted by Crippen LogP contribution is -2.48. The zero-order valence-electron chi connectivity index (χ0n) is 10.4. The topological polar surface area (TPSA) is 35.2 Å². The van der Waals surface area contributed by atoms with Gasteiger partial charge < -0.3 is 10.5 Å². The van der Waals surface area contributed by atoms with Crippen LogP contribution in [0.4, 0.5) is 0 Å². The Labute approximate surface area is 97.8 Å². The highest BCUT2D eigenvalue weighted by molar-refractivity contribution is 5.31. The third-order valence-electron chi connectivity index (χ3n) is 3.85. The molecule has 1 aromatic carbocycles. The van der Waals surface area contributed by atoms with Crippen molar-refractivity contribution < 1.29 is 4.74 Å². The highest BCUT2D eigenvalue weighted by Crippen LogP contribution is 2.27. The molecule has 1 aliphatic rings. The average Bonchev–Trinajstić information content (AvgIpc) is 2.53. The van der Waals surface area contributed by atoms with Crippen LogP contribution in [0.2, 0.25) is 0 Å². The van der Waals surface area contributed by atoms with Gasteiger partial charge in [-0.15, -0.1) is 0 Å². The first-order valence-electron chi connectivity index (χ1n) is 5.98. The summed E-state index contributed by atoms with van der Waals surface area (Å²) in [6.07, 6.45) is 2.03. The number of hydrogen-bond acceptors (Lipinski definition) is 2. The molecule has 0 radical (unpaired) electrons. The minimum atomic E-state index is -0.179. The van der Waals surface area contributed by atoms with Crippen molar-refractivity contribution in [2.75, 3.05) is 6.61 Å². The highest BCUT2D eigenvalue weighted by atomic mass is 16.5. The third kappa shape index (κ3) is 2.13. The largest absolute Gasteiger partial charge is 0.377 e. The van der Waals surface area contributed by atoms with Crippen LogP contribution in [0, 0.1) is 13.8 Å². The van der Waals surface area contributed by atoms with Crippen LogP contribution in [0.25, 0.3) is 0 Å². The number of rotatable bonds is 2. The van der Waals surface area contributed by atoms with E-state index in [0.29, 0.717) is 0 Å². The van der Waals surface area contributed by atoms with E-state index in [-0.39, 0.29) is 11.6 Å². The first-order valence-corrected chi connectivity index (χ1v) is 5.98. The van der Waals surface area contributed by atoms with Crippen molar-refractivity contribution >= 4 is 0 Å². The fourth-order valence-electron chi connectivity index (χ4n) is 2.32. The molecule has 2 nitrogen and oxygen atoms in total. The van der Waals surface area contributed by atoms with Crippen LogP contribution >= 0.6 is 0 Å². The van der Waals surface area contributed by atoms with E-state index in [0.717, 1.165) is 19.4 Å². The van der Waals surface area contributed by atoms with Crippen LogP contribution in [0.1, 0.15) is 30.0 Å². The first kappa shape index (κ1) is 11.6. The zero-order valence-corrected chi connectivity index (χ0v) is 10.4. The first-order chi connectivity index (χ1) is 7.51. The molecular formula is C14H21NO. The third-order valence-corrected chi connectivity index (χ3v) is 3.85. The predicted octanol–water partition coefficient (Wildman–Crippen LogP) is 2.35. The second-order valence-corrected chi connectivity index (χ2v) is 5.09. The standard InChI is InChI=1S/C14H21NO/c1-10-4-5-13(8-11(10)2)9-14(15)6-7-16-12(14)3/h4-5,8,12H,6-7,9,15H2,1-3H3. The van der Waals surface area contributed by atoms with E-state index in [2.05, 4.69) is 39.0 Å². The molecule has 1 heterocycles. The van der Waals surface area contributed by atoms with Crippen LogP contribution in [-0.4, -0.2) is 18.2 Å². The number of aryl methyl sites for hydroxylation is 2. The van der Waals surface area contributed by atoms with Crippen molar-refractivity contribution in [3.63, 3.8) is 0 Å². The fourth-order valence-corrected chi connectivity index (χ4v) is 2.32. The molecule has 1 aromatic rings. The van der Waals surface area contributed by atoms with Gasteiger partial charge in [-0.25, -0.2) is 0 Å². The minimum Gasteiger partial charge on any atom is -0.377 e. The van der Waals surface area contributed by atoms with Crippen LogP contribution in [-0.2, 0) is 11.2 Å². The predicted molar refractivity (Wildman–Crippen MR) is 66.6 cm³/mol. The van der Waals surface area contributed by atoms with Gasteiger partial charge >= 0.3 is 0 Å². The normalized spacial score (nSPS) is 29.6. The smallest absolute Gasteiger partial charge is 0.0730 e. The van der Waals surface area contributed by atoms with Gasteiger partial charge in [0.05, 0.1) is 6.10 Å². The molecule has 2 atom stereocenters. The summed E-state index contributed by atoms with van der Waals surface area (Å²) in [7, 11) is 0. The van der Waals surface area contributed by atoms with E-state index in [9.17, 15) is 0 Å². The summed E-state index contributed by atoms with van der Waals surface area (Å²) >= 11 is 0. The van der Waals surface area contributed by atoms with E-state index < -0.39 is 0 Å². The molecule has 1 aliphatic heterocycles. The fraction of sp³-hybridized carbons (Fsp3) is 0.571. The highest BCUT2D eigenvalue weighted by Gasteiger charge is 2.37. The SMILES string of the molecule is Cc1ccc(CC2(N)CCOC2C)cc1C. The molecule has 16 heavy (non-hydrogen) atoms. The second kappa shape index (κ2) is 4.19. The van der Waals surface area contributed by atoms with Gasteiger partial charge in [0, 0.05) is 12.1 Å². The van der Waals surface area contributed by atoms with Gasteiger partial charge in [-0.05, 0) is 50.3 Å². The molecule has 0 saturated carbocycles. The molecule has 2 rings (SSSR count). The van der Waals surface area contributed by atoms with Gasteiger partial charge in [0.2, 0.25) is 0 Å². The lowest BCUT2D eigenvalue weighted by atomic mass is 9.85. The number of hydrogen-bond donors (Lipinski definition) is 1. The molecule has 2 heteroatoms. The summed E-state index contributed by atoms with van der Waals surface area (Å²) in [6.45, 7) is 7.16. The number of benzene rings is 1. The Hall–Kier alpha value is -0.860. The van der Waals surface area contributed by atoms with Crippen LogP contribution < -0.4 is 5.73 Å². The van der Waals surface area contributed by atoms with Gasteiger partial charge in [-0.3, -0.25) is 0 Å². The van der Waals surface area contributed by atoms with Gasteiger partial charge in [-0.2, -0.15) is 0 Å². The molecule has 0 aromatic heterocycles. The molecular weight excluding hydrogens is 198 g/mol. The molecule has 1 saturated heterocycles. The molecule has 1 fully saturated rings. The van der Waals surface area contributed by atoms with E-state index in [1.54, 1.807) is 0 Å². The Balaban J connectivity index is 2.17. The Bertz CT molecular complexity index is 388. The Morgan fingerprint density at radius 2 is 2.12 bits per heavy atom. The molecule has 2 unspecified atom stereocenters. The van der Waals surface area contributed by atoms with Crippen molar-refractivity contribution in [2.45, 2.75) is 45.3 Å². The number of ether oxygens (including phenoxy) is 1. The van der Waals surface area contributed by atoms with E-state index in [1.807, 2.05) is 0 Å². The van der Waals surface area contributed by atoms with Crippen molar-refractivity contribution in [1.82, 2.24) is 0 Å². The molecule has 0 amide bonds. The summed E-state index contributed by atoms with van der Waals surface area (Å²) in [5.74, 6) is 0. The number of nitrogens with two attached hydrogens (primary N) is 1. The summed E-state index contributed by atoms with van der Waals surface area (Å²) in [4.78, 5) is 0. The Morgan fingerprint density at radius 3 is 2.69 bits per heavy atom. The van der Waals surface area contributed by atoms with Crippen molar-refractivity contribution in [3.05, 3.63) is 34.9 Å². The van der Waals surface area contributed by atoms with Gasteiger partial charge in [-0.1, -0.05) is 18.2 Å². The lowest BCUT2D eigenvalue weighted by Gasteiger charge is -2.27. The molecule has 0 bridgehead atoms.